The molecule has 0 spiro atoms. The molecule has 1 aliphatic heterocycles. The van der Waals surface area contributed by atoms with Crippen LogP contribution in [0.15, 0.2) is 41.5 Å². The number of hydrogen-bond acceptors (Lipinski definition) is 3. The lowest BCUT2D eigenvalue weighted by molar-refractivity contribution is 0.144. The topological polar surface area (TPSA) is 63.3 Å². The number of aryl methyl sites for hydroxylation is 2. The van der Waals surface area contributed by atoms with Crippen LogP contribution in [0.2, 0.25) is 0 Å². The first-order valence-electron chi connectivity index (χ1n) is 8.85. The van der Waals surface area contributed by atoms with E-state index in [4.69, 9.17) is 4.42 Å². The Labute approximate surface area is 142 Å². The van der Waals surface area contributed by atoms with Crippen LogP contribution in [0, 0.1) is 0 Å². The second kappa shape index (κ2) is 8.57. The molecule has 2 amide bonds. The Bertz CT molecular complexity index is 595. The molecule has 6 heteroatoms. The van der Waals surface area contributed by atoms with E-state index >= 15 is 0 Å². The molecule has 1 unspecified atom stereocenters. The number of urea groups is 1. The molecule has 1 saturated heterocycles. The first-order valence-corrected chi connectivity index (χ1v) is 8.85. The van der Waals surface area contributed by atoms with Crippen LogP contribution in [0.5, 0.6) is 0 Å². The summed E-state index contributed by atoms with van der Waals surface area (Å²) >= 11 is 0. The normalized spacial score (nSPS) is 17.8. The van der Waals surface area contributed by atoms with Gasteiger partial charge in [-0.05, 0) is 44.2 Å². The minimum atomic E-state index is 0.0739. The number of rotatable bonds is 7. The second-order valence-electron chi connectivity index (χ2n) is 6.35. The van der Waals surface area contributed by atoms with Gasteiger partial charge in [0.2, 0.25) is 0 Å². The van der Waals surface area contributed by atoms with Gasteiger partial charge in [0, 0.05) is 44.5 Å². The second-order valence-corrected chi connectivity index (χ2v) is 6.35. The maximum Gasteiger partial charge on any atom is 0.317 e. The highest BCUT2D eigenvalue weighted by Crippen LogP contribution is 2.20. The van der Waals surface area contributed by atoms with Crippen molar-refractivity contribution in [2.24, 2.45) is 0 Å². The van der Waals surface area contributed by atoms with Crippen LogP contribution < -0.4 is 5.32 Å². The van der Waals surface area contributed by atoms with E-state index in [1.807, 2.05) is 29.6 Å². The predicted octanol–water partition coefficient (Wildman–Crippen LogP) is 3.06. The Kier molecular flexibility index (Phi) is 5.93. The molecule has 0 saturated carbocycles. The van der Waals surface area contributed by atoms with Crippen molar-refractivity contribution < 1.29 is 9.21 Å². The molecule has 0 aliphatic carbocycles. The summed E-state index contributed by atoms with van der Waals surface area (Å²) in [6.07, 6.45) is 13.4. The fourth-order valence-electron chi connectivity index (χ4n) is 3.30. The van der Waals surface area contributed by atoms with Crippen molar-refractivity contribution >= 4 is 6.03 Å². The lowest BCUT2D eigenvalue weighted by Crippen LogP contribution is -2.49. The van der Waals surface area contributed by atoms with Gasteiger partial charge in [-0.1, -0.05) is 0 Å². The van der Waals surface area contributed by atoms with E-state index in [0.717, 1.165) is 51.0 Å². The fraction of sp³-hybridized carbons (Fsp3) is 0.556. The van der Waals surface area contributed by atoms with E-state index in [0.29, 0.717) is 12.6 Å². The SMILES string of the molecule is O=C(NCCCc1ccco1)N1CCCCC1CCn1ccnc1. The van der Waals surface area contributed by atoms with Gasteiger partial charge in [0.05, 0.1) is 12.6 Å². The molecule has 2 aromatic heterocycles. The molecule has 0 bridgehead atoms. The minimum absolute atomic E-state index is 0.0739. The van der Waals surface area contributed by atoms with E-state index in [1.165, 1.54) is 6.42 Å². The molecule has 0 aromatic carbocycles. The quantitative estimate of drug-likeness (QED) is 0.794. The summed E-state index contributed by atoms with van der Waals surface area (Å²) in [6.45, 7) is 2.45. The Morgan fingerprint density at radius 1 is 1.42 bits per heavy atom. The summed E-state index contributed by atoms with van der Waals surface area (Å²) in [5, 5.41) is 3.06. The van der Waals surface area contributed by atoms with Crippen LogP contribution in [0.3, 0.4) is 0 Å². The van der Waals surface area contributed by atoms with Gasteiger partial charge in [-0.15, -0.1) is 0 Å². The molecule has 1 N–H and O–H groups in total. The highest BCUT2D eigenvalue weighted by atomic mass is 16.3. The maximum atomic E-state index is 12.5. The number of carbonyl (C=O) groups excluding carboxylic acids is 1. The third kappa shape index (κ3) is 4.63. The van der Waals surface area contributed by atoms with Crippen molar-refractivity contribution in [2.75, 3.05) is 13.1 Å². The van der Waals surface area contributed by atoms with E-state index in [-0.39, 0.29) is 6.03 Å². The third-order valence-corrected chi connectivity index (χ3v) is 4.62. The molecule has 1 fully saturated rings. The average molecular weight is 330 g/mol. The molecule has 24 heavy (non-hydrogen) atoms. The summed E-state index contributed by atoms with van der Waals surface area (Å²) in [7, 11) is 0. The highest BCUT2D eigenvalue weighted by Gasteiger charge is 2.26. The van der Waals surface area contributed by atoms with Crippen LogP contribution >= 0.6 is 0 Å². The summed E-state index contributed by atoms with van der Waals surface area (Å²) in [5.41, 5.74) is 0. The molecule has 1 atom stereocenters. The van der Waals surface area contributed by atoms with Gasteiger partial charge in [-0.25, -0.2) is 9.78 Å². The summed E-state index contributed by atoms with van der Waals surface area (Å²) in [4.78, 5) is 18.6. The third-order valence-electron chi connectivity index (χ3n) is 4.62. The highest BCUT2D eigenvalue weighted by molar-refractivity contribution is 5.74. The number of likely N-dealkylation sites (tertiary alicyclic amines) is 1. The van der Waals surface area contributed by atoms with Crippen molar-refractivity contribution in [3.05, 3.63) is 42.9 Å². The first kappa shape index (κ1) is 16.6. The molecule has 0 radical (unpaired) electrons. The molecule has 3 rings (SSSR count). The maximum absolute atomic E-state index is 12.5. The molecule has 2 aromatic rings. The summed E-state index contributed by atoms with van der Waals surface area (Å²) in [6, 6.07) is 4.27. The van der Waals surface area contributed by atoms with Gasteiger partial charge in [0.25, 0.3) is 0 Å². The van der Waals surface area contributed by atoms with Crippen molar-refractivity contribution in [3.63, 3.8) is 0 Å². The zero-order valence-corrected chi connectivity index (χ0v) is 14.1. The average Bonchev–Trinajstić information content (AvgIpc) is 3.30. The van der Waals surface area contributed by atoms with Crippen LogP contribution in [0.4, 0.5) is 4.79 Å². The van der Waals surface area contributed by atoms with Crippen molar-refractivity contribution in [1.29, 1.82) is 0 Å². The zero-order valence-electron chi connectivity index (χ0n) is 14.1. The van der Waals surface area contributed by atoms with E-state index < -0.39 is 0 Å². The Hall–Kier alpha value is -2.24. The molecule has 130 valence electrons. The smallest absolute Gasteiger partial charge is 0.317 e. The predicted molar refractivity (Wildman–Crippen MR) is 91.6 cm³/mol. The number of imidazole rings is 1. The number of piperidine rings is 1. The molecular formula is C18H26N4O2. The standard InChI is InChI=1S/C18H26N4O2/c23-18(20-9-3-6-17-7-4-14-24-17)22-11-2-1-5-16(22)8-12-21-13-10-19-15-21/h4,7,10,13-16H,1-3,5-6,8-9,11-12H2,(H,20,23). The van der Waals surface area contributed by atoms with Crippen molar-refractivity contribution in [1.82, 2.24) is 19.8 Å². The monoisotopic (exact) mass is 330 g/mol. The summed E-state index contributed by atoms with van der Waals surface area (Å²) in [5.74, 6) is 0.973. The van der Waals surface area contributed by atoms with Crippen LogP contribution in [-0.2, 0) is 13.0 Å². The summed E-state index contributed by atoms with van der Waals surface area (Å²) < 4.78 is 7.39. The number of nitrogens with one attached hydrogen (secondary N) is 1. The van der Waals surface area contributed by atoms with Gasteiger partial charge in [-0.2, -0.15) is 0 Å². The van der Waals surface area contributed by atoms with Crippen LogP contribution in [-0.4, -0.2) is 39.6 Å². The van der Waals surface area contributed by atoms with Gasteiger partial charge in [-0.3, -0.25) is 0 Å². The molecule has 3 heterocycles. The molecule has 1 aliphatic rings. The Morgan fingerprint density at radius 2 is 2.38 bits per heavy atom. The number of carbonyl (C=O) groups is 1. The number of furan rings is 1. The van der Waals surface area contributed by atoms with Crippen LogP contribution in [0.1, 0.15) is 37.9 Å². The molecular weight excluding hydrogens is 304 g/mol. The van der Waals surface area contributed by atoms with Crippen molar-refractivity contribution in [2.45, 2.75) is 51.1 Å². The number of hydrogen-bond donors (Lipinski definition) is 1. The zero-order chi connectivity index (χ0) is 16.6. The molecule has 6 nitrogen and oxygen atoms in total. The number of nitrogens with zero attached hydrogens (tertiary/aromatic N) is 3. The van der Waals surface area contributed by atoms with E-state index in [2.05, 4.69) is 14.9 Å². The van der Waals surface area contributed by atoms with Gasteiger partial charge >= 0.3 is 6.03 Å². The lowest BCUT2D eigenvalue weighted by atomic mass is 10.00. The van der Waals surface area contributed by atoms with Crippen LogP contribution in [0.25, 0.3) is 0 Å². The minimum Gasteiger partial charge on any atom is -0.469 e. The van der Waals surface area contributed by atoms with Crippen molar-refractivity contribution in [3.8, 4) is 0 Å². The Balaban J connectivity index is 1.42. The lowest BCUT2D eigenvalue weighted by Gasteiger charge is -2.36. The van der Waals surface area contributed by atoms with Gasteiger partial charge < -0.3 is 19.2 Å². The van der Waals surface area contributed by atoms with E-state index in [1.54, 1.807) is 12.5 Å². The van der Waals surface area contributed by atoms with Gasteiger partial charge in [0.1, 0.15) is 5.76 Å². The first-order chi connectivity index (χ1) is 11.8. The van der Waals surface area contributed by atoms with E-state index in [9.17, 15) is 4.79 Å². The van der Waals surface area contributed by atoms with Gasteiger partial charge in [0.15, 0.2) is 0 Å². The fourth-order valence-corrected chi connectivity index (χ4v) is 3.30. The Morgan fingerprint density at radius 3 is 3.17 bits per heavy atom. The number of aromatic nitrogens is 2. The number of amides is 2. The largest absolute Gasteiger partial charge is 0.469 e.